The predicted octanol–water partition coefficient (Wildman–Crippen LogP) is 1.31. The number of hydrogen-bond acceptors (Lipinski definition) is 5. The lowest BCUT2D eigenvalue weighted by Crippen LogP contribution is -2.26. The van der Waals surface area contributed by atoms with Crippen molar-refractivity contribution in [3.63, 3.8) is 0 Å². The maximum Gasteiger partial charge on any atom is 0.289 e. The molecule has 6 heteroatoms. The number of Topliss-reactive ketones (excluding diaryl/α,β-unsaturated/α-hetero) is 1. The van der Waals surface area contributed by atoms with E-state index in [1.54, 1.807) is 6.07 Å². The number of aliphatic hydroxyl groups is 1. The van der Waals surface area contributed by atoms with E-state index in [2.05, 4.69) is 0 Å². The van der Waals surface area contributed by atoms with E-state index < -0.39 is 17.7 Å². The molecule has 0 saturated carbocycles. The largest absolute Gasteiger partial charge is 0.504 e. The van der Waals surface area contributed by atoms with E-state index in [9.17, 15) is 19.8 Å². The Morgan fingerprint density at radius 1 is 1.35 bits per heavy atom. The minimum Gasteiger partial charge on any atom is -0.504 e. The molecule has 1 aromatic carbocycles. The van der Waals surface area contributed by atoms with Gasteiger partial charge in [-0.3, -0.25) is 9.59 Å². The number of aromatic hydroxyl groups is 1. The monoisotopic (exact) mass is 277 g/mol. The Kier molecular flexibility index (Phi) is 3.40. The quantitative estimate of drug-likeness (QED) is 0.870. The number of carbonyl (C=O) groups excluding carboxylic acids is 2. The topological polar surface area (TPSA) is 87.1 Å². The van der Waals surface area contributed by atoms with Crippen LogP contribution in [0.2, 0.25) is 0 Å². The molecule has 0 unspecified atom stereocenters. The van der Waals surface area contributed by atoms with Crippen LogP contribution < -0.4 is 4.74 Å². The van der Waals surface area contributed by atoms with Crippen molar-refractivity contribution in [2.75, 3.05) is 14.2 Å². The number of phenolic OH excluding ortho intramolecular Hbond substituents is 1. The molecule has 1 amide bonds. The zero-order valence-corrected chi connectivity index (χ0v) is 11.4. The summed E-state index contributed by atoms with van der Waals surface area (Å²) in [5, 5.41) is 19.4. The summed E-state index contributed by atoms with van der Waals surface area (Å²) in [6, 6.07) is 3.84. The third-order valence-electron chi connectivity index (χ3n) is 3.34. The second-order valence-electron chi connectivity index (χ2n) is 4.57. The molecule has 0 radical (unpaired) electrons. The molecule has 1 heterocycles. The third-order valence-corrected chi connectivity index (χ3v) is 3.34. The molecule has 1 aromatic rings. The van der Waals surface area contributed by atoms with Crippen molar-refractivity contribution in [1.82, 2.24) is 4.90 Å². The smallest absolute Gasteiger partial charge is 0.289 e. The van der Waals surface area contributed by atoms with Gasteiger partial charge in [0.2, 0.25) is 0 Å². The van der Waals surface area contributed by atoms with Crippen molar-refractivity contribution in [2.45, 2.75) is 13.0 Å². The molecular weight excluding hydrogens is 262 g/mol. The highest BCUT2D eigenvalue weighted by molar-refractivity contribution is 6.07. The van der Waals surface area contributed by atoms with Gasteiger partial charge in [-0.25, -0.2) is 0 Å². The van der Waals surface area contributed by atoms with Gasteiger partial charge < -0.3 is 19.8 Å². The van der Waals surface area contributed by atoms with Gasteiger partial charge in [-0.05, 0) is 24.6 Å². The Bertz CT molecular complexity index is 620. The minimum atomic E-state index is -0.686. The third kappa shape index (κ3) is 1.99. The fourth-order valence-electron chi connectivity index (χ4n) is 2.34. The molecule has 2 N–H and O–H groups in total. The zero-order valence-electron chi connectivity index (χ0n) is 11.4. The molecule has 0 aliphatic carbocycles. The Hall–Kier alpha value is -2.50. The number of rotatable bonds is 3. The van der Waals surface area contributed by atoms with E-state index in [4.69, 9.17) is 4.74 Å². The lowest BCUT2D eigenvalue weighted by Gasteiger charge is -2.22. The van der Waals surface area contributed by atoms with Crippen LogP contribution in [-0.4, -0.2) is 41.0 Å². The lowest BCUT2D eigenvalue weighted by molar-refractivity contribution is -0.128. The van der Waals surface area contributed by atoms with Crippen molar-refractivity contribution >= 4 is 11.7 Å². The highest BCUT2D eigenvalue weighted by Gasteiger charge is 2.40. The summed E-state index contributed by atoms with van der Waals surface area (Å²) in [5.41, 5.74) is 0.620. The van der Waals surface area contributed by atoms with E-state index in [0.29, 0.717) is 5.56 Å². The van der Waals surface area contributed by atoms with Crippen molar-refractivity contribution < 1.29 is 24.5 Å². The first kappa shape index (κ1) is 13.9. The molecule has 0 aromatic heterocycles. The first-order chi connectivity index (χ1) is 9.38. The van der Waals surface area contributed by atoms with Gasteiger partial charge in [0.05, 0.1) is 18.7 Å². The Morgan fingerprint density at radius 3 is 2.55 bits per heavy atom. The number of amides is 1. The van der Waals surface area contributed by atoms with Gasteiger partial charge in [0.15, 0.2) is 23.0 Å². The van der Waals surface area contributed by atoms with Crippen LogP contribution in [0.4, 0.5) is 0 Å². The van der Waals surface area contributed by atoms with Crippen molar-refractivity contribution in [1.29, 1.82) is 0 Å². The minimum absolute atomic E-state index is 0.0409. The first-order valence-corrected chi connectivity index (χ1v) is 5.96. The van der Waals surface area contributed by atoms with Crippen molar-refractivity contribution in [2.24, 2.45) is 0 Å². The molecule has 0 bridgehead atoms. The summed E-state index contributed by atoms with van der Waals surface area (Å²) in [7, 11) is 2.90. The predicted molar refractivity (Wildman–Crippen MR) is 70.5 cm³/mol. The van der Waals surface area contributed by atoms with Crippen LogP contribution in [0.1, 0.15) is 18.5 Å². The van der Waals surface area contributed by atoms with Gasteiger partial charge >= 0.3 is 0 Å². The van der Waals surface area contributed by atoms with Gasteiger partial charge in [0, 0.05) is 7.05 Å². The van der Waals surface area contributed by atoms with Crippen molar-refractivity contribution in [3.05, 3.63) is 35.1 Å². The Morgan fingerprint density at radius 2 is 2.00 bits per heavy atom. The van der Waals surface area contributed by atoms with Gasteiger partial charge in [0.25, 0.3) is 5.91 Å². The number of aliphatic hydroxyl groups excluding tert-OH is 1. The number of carbonyl (C=O) groups is 2. The van der Waals surface area contributed by atoms with Crippen LogP contribution in [0, 0.1) is 0 Å². The molecule has 20 heavy (non-hydrogen) atoms. The van der Waals surface area contributed by atoms with E-state index in [-0.39, 0.29) is 22.9 Å². The highest BCUT2D eigenvalue weighted by atomic mass is 16.5. The number of hydrogen-bond donors (Lipinski definition) is 2. The van der Waals surface area contributed by atoms with Gasteiger partial charge in [0.1, 0.15) is 0 Å². The molecule has 1 aliphatic rings. The number of likely N-dealkylation sites (N-methyl/N-ethyl adjacent to an activating group) is 1. The summed E-state index contributed by atoms with van der Waals surface area (Å²) < 4.78 is 5.01. The number of ether oxygens (including phenoxy) is 1. The fraction of sp³-hybridized carbons (Fsp3) is 0.286. The van der Waals surface area contributed by atoms with Crippen LogP contribution in [-0.2, 0) is 9.59 Å². The second kappa shape index (κ2) is 4.88. The molecule has 0 spiro atoms. The molecule has 0 saturated heterocycles. The van der Waals surface area contributed by atoms with Crippen LogP contribution >= 0.6 is 0 Å². The Balaban J connectivity index is 2.56. The molecule has 2 rings (SSSR count). The zero-order chi connectivity index (χ0) is 15.0. The highest BCUT2D eigenvalue weighted by Crippen LogP contribution is 2.39. The van der Waals surface area contributed by atoms with E-state index in [1.165, 1.54) is 38.1 Å². The number of nitrogens with zero attached hydrogens (tertiary/aromatic N) is 1. The van der Waals surface area contributed by atoms with Crippen LogP contribution in [0.25, 0.3) is 0 Å². The number of ketones is 1. The van der Waals surface area contributed by atoms with E-state index in [0.717, 1.165) is 0 Å². The molecule has 0 fully saturated rings. The molecule has 1 atom stereocenters. The normalized spacial score (nSPS) is 18.6. The summed E-state index contributed by atoms with van der Waals surface area (Å²) >= 11 is 0. The number of benzene rings is 1. The SMILES string of the molecule is COc1cc([C@H]2C(C(C)=O)=C(O)C(=O)N2C)ccc1O. The van der Waals surface area contributed by atoms with Crippen LogP contribution in [0.3, 0.4) is 0 Å². The van der Waals surface area contributed by atoms with E-state index >= 15 is 0 Å². The van der Waals surface area contributed by atoms with Crippen LogP contribution in [0.15, 0.2) is 29.5 Å². The second-order valence-corrected chi connectivity index (χ2v) is 4.57. The molecule has 106 valence electrons. The molecular formula is C14H15NO5. The van der Waals surface area contributed by atoms with Gasteiger partial charge in [-0.15, -0.1) is 0 Å². The van der Waals surface area contributed by atoms with Crippen LogP contribution in [0.5, 0.6) is 11.5 Å². The summed E-state index contributed by atoms with van der Waals surface area (Å²) in [6.07, 6.45) is 0. The molecule has 6 nitrogen and oxygen atoms in total. The summed E-state index contributed by atoms with van der Waals surface area (Å²) in [4.78, 5) is 24.8. The molecule has 1 aliphatic heterocycles. The fourth-order valence-corrected chi connectivity index (χ4v) is 2.34. The summed E-state index contributed by atoms with van der Waals surface area (Å²) in [5.74, 6) is -1.32. The standard InChI is InChI=1S/C14H15NO5/c1-7(16)11-12(15(2)14(19)13(11)18)8-4-5-9(17)10(6-8)20-3/h4-6,12,17-18H,1-3H3/t12-/m0/s1. The number of methoxy groups -OCH3 is 1. The number of phenols is 1. The van der Waals surface area contributed by atoms with E-state index in [1.807, 2.05) is 0 Å². The maximum absolute atomic E-state index is 11.8. The summed E-state index contributed by atoms with van der Waals surface area (Å²) in [6.45, 7) is 1.29. The average molecular weight is 277 g/mol. The van der Waals surface area contributed by atoms with Gasteiger partial charge in [-0.1, -0.05) is 6.07 Å². The van der Waals surface area contributed by atoms with Crippen molar-refractivity contribution in [3.8, 4) is 11.5 Å². The van der Waals surface area contributed by atoms with Gasteiger partial charge in [-0.2, -0.15) is 0 Å². The Labute approximate surface area is 115 Å². The average Bonchev–Trinajstić information content (AvgIpc) is 2.64. The maximum atomic E-state index is 11.8. The lowest BCUT2D eigenvalue weighted by atomic mass is 9.96. The first-order valence-electron chi connectivity index (χ1n) is 5.96.